The van der Waals surface area contributed by atoms with Gasteiger partial charge in [0.05, 0.1) is 19.2 Å². The molecule has 0 N–H and O–H groups in total. The smallest absolute Gasteiger partial charge is 0.338 e. The number of methoxy groups -OCH3 is 1. The van der Waals surface area contributed by atoms with Crippen molar-refractivity contribution in [3.05, 3.63) is 69.8 Å². The number of hydrogen-bond acceptors (Lipinski definition) is 5. The molecule has 2 atom stereocenters. The van der Waals surface area contributed by atoms with Crippen LogP contribution in [0.2, 0.25) is 0 Å². The van der Waals surface area contributed by atoms with Gasteiger partial charge in [0, 0.05) is 17.9 Å². The van der Waals surface area contributed by atoms with Gasteiger partial charge in [0.1, 0.15) is 0 Å². The van der Waals surface area contributed by atoms with Gasteiger partial charge >= 0.3 is 5.97 Å². The van der Waals surface area contributed by atoms with E-state index in [4.69, 9.17) is 4.74 Å². The van der Waals surface area contributed by atoms with E-state index >= 15 is 0 Å². The molecular weight excluding hydrogens is 328 g/mol. The summed E-state index contributed by atoms with van der Waals surface area (Å²) in [4.78, 5) is 25.6. The Balaban J connectivity index is 1.83. The highest BCUT2D eigenvalue weighted by atomic mass is 16.5. The normalized spacial score (nSPS) is 23.5. The van der Waals surface area contributed by atoms with Crippen molar-refractivity contribution in [1.82, 2.24) is 0 Å². The van der Waals surface area contributed by atoms with E-state index < -0.39 is 11.5 Å². The monoisotopic (exact) mass is 348 g/mol. The minimum absolute atomic E-state index is 0.00141. The summed E-state index contributed by atoms with van der Waals surface area (Å²) in [5.41, 5.74) is 4.30. The summed E-state index contributed by atoms with van der Waals surface area (Å²) >= 11 is 0. The zero-order valence-electron chi connectivity index (χ0n) is 15.1. The third kappa shape index (κ3) is 2.23. The van der Waals surface area contributed by atoms with E-state index in [-0.39, 0.29) is 11.7 Å². The fourth-order valence-corrected chi connectivity index (χ4v) is 4.12. The van der Waals surface area contributed by atoms with Crippen molar-refractivity contribution in [2.75, 3.05) is 13.7 Å². The van der Waals surface area contributed by atoms with Crippen molar-refractivity contribution in [1.29, 1.82) is 0 Å². The van der Waals surface area contributed by atoms with Crippen LogP contribution in [0, 0.1) is 13.8 Å². The lowest BCUT2D eigenvalue weighted by Gasteiger charge is -2.26. The first kappa shape index (κ1) is 16.6. The predicted octanol–water partition coefficient (Wildman–Crippen LogP) is 3.82. The summed E-state index contributed by atoms with van der Waals surface area (Å²) in [5, 5.41) is 8.66. The maximum Gasteiger partial charge on any atom is 0.338 e. The maximum atomic E-state index is 13.3. The summed E-state index contributed by atoms with van der Waals surface area (Å²) in [6, 6.07) is 11.3. The van der Waals surface area contributed by atoms with Gasteiger partial charge in [-0.1, -0.05) is 24.3 Å². The number of nitrogens with zero attached hydrogens (tertiary/aromatic N) is 2. The number of aryl methyl sites for hydroxylation is 2. The first-order valence-electron chi connectivity index (χ1n) is 8.69. The van der Waals surface area contributed by atoms with Crippen molar-refractivity contribution >= 4 is 11.8 Å². The summed E-state index contributed by atoms with van der Waals surface area (Å²) in [7, 11) is 1.36. The van der Waals surface area contributed by atoms with Gasteiger partial charge in [0.2, 0.25) is 0 Å². The number of Topliss-reactive ketones (excluding diaryl/α,β-unsaturated/α-hetero) is 1. The van der Waals surface area contributed by atoms with Crippen LogP contribution in [-0.2, 0) is 11.2 Å². The Morgan fingerprint density at radius 3 is 2.69 bits per heavy atom. The molecule has 132 valence electrons. The zero-order chi connectivity index (χ0) is 18.5. The first-order chi connectivity index (χ1) is 12.5. The fraction of sp³-hybridized carbons (Fsp3) is 0.333. The number of azo groups is 1. The molecule has 2 unspecified atom stereocenters. The molecule has 0 saturated heterocycles. The van der Waals surface area contributed by atoms with Gasteiger partial charge in [-0.05, 0) is 48.2 Å². The van der Waals surface area contributed by atoms with Crippen molar-refractivity contribution in [2.45, 2.75) is 31.7 Å². The van der Waals surface area contributed by atoms with Crippen LogP contribution in [-0.4, -0.2) is 30.9 Å². The molecule has 5 nitrogen and oxygen atoms in total. The Labute approximate surface area is 152 Å². The molecule has 0 radical (unpaired) electrons. The summed E-state index contributed by atoms with van der Waals surface area (Å²) in [5.74, 6) is -0.669. The lowest BCUT2D eigenvalue weighted by molar-refractivity contribution is 0.0597. The largest absolute Gasteiger partial charge is 0.465 e. The van der Waals surface area contributed by atoms with E-state index in [0.717, 1.165) is 27.8 Å². The van der Waals surface area contributed by atoms with Gasteiger partial charge in [-0.2, -0.15) is 10.2 Å². The number of esters is 1. The van der Waals surface area contributed by atoms with Crippen LogP contribution in [0.4, 0.5) is 0 Å². The molecular formula is C21H20N2O3. The van der Waals surface area contributed by atoms with E-state index in [9.17, 15) is 9.59 Å². The second-order valence-corrected chi connectivity index (χ2v) is 7.08. The average molecular weight is 348 g/mol. The first-order valence-corrected chi connectivity index (χ1v) is 8.69. The summed E-state index contributed by atoms with van der Waals surface area (Å²) < 4.78 is 4.92. The maximum absolute atomic E-state index is 13.3. The highest BCUT2D eigenvalue weighted by molar-refractivity contribution is 6.09. The number of ether oxygens (including phenoxy) is 1. The lowest BCUT2D eigenvalue weighted by atomic mass is 9.76. The molecule has 2 aromatic carbocycles. The van der Waals surface area contributed by atoms with E-state index in [0.29, 0.717) is 18.5 Å². The number of fused-ring (bicyclic) bond motifs is 1. The van der Waals surface area contributed by atoms with Gasteiger partial charge in [0.25, 0.3) is 0 Å². The van der Waals surface area contributed by atoms with Crippen molar-refractivity contribution in [3.8, 4) is 0 Å². The minimum Gasteiger partial charge on any atom is -0.465 e. The van der Waals surface area contributed by atoms with E-state index in [1.807, 2.05) is 32.0 Å². The molecule has 5 heteroatoms. The van der Waals surface area contributed by atoms with Crippen LogP contribution in [0.15, 0.2) is 46.6 Å². The van der Waals surface area contributed by atoms with E-state index in [1.165, 1.54) is 7.11 Å². The number of carbonyl (C=O) groups excluding carboxylic acids is 2. The predicted molar refractivity (Wildman–Crippen MR) is 96.9 cm³/mol. The second kappa shape index (κ2) is 5.87. The van der Waals surface area contributed by atoms with E-state index in [2.05, 4.69) is 16.3 Å². The molecule has 1 aliphatic carbocycles. The Morgan fingerprint density at radius 1 is 1.19 bits per heavy atom. The standard InChI is InChI=1S/C21H20N2O3/c1-12-8-14-10-21(19(24)17(14)9-13(12)2)18(11-22-23-21)15-6-4-5-7-16(15)20(25)26-3/h4-9,18H,10-11H2,1-3H3. The van der Waals surface area contributed by atoms with Gasteiger partial charge in [-0.25, -0.2) is 4.79 Å². The summed E-state index contributed by atoms with van der Waals surface area (Å²) in [6.45, 7) is 4.45. The highest BCUT2D eigenvalue weighted by Crippen LogP contribution is 2.47. The van der Waals surface area contributed by atoms with Crippen LogP contribution >= 0.6 is 0 Å². The molecule has 2 aliphatic rings. The summed E-state index contributed by atoms with van der Waals surface area (Å²) in [6.07, 6.45) is 0.520. The SMILES string of the molecule is COC(=O)c1ccccc1C1CN=NC12Cc1cc(C)c(C)cc1C2=O. The lowest BCUT2D eigenvalue weighted by Crippen LogP contribution is -2.39. The van der Waals surface area contributed by atoms with Crippen molar-refractivity contribution in [2.24, 2.45) is 10.2 Å². The topological polar surface area (TPSA) is 68.1 Å². The van der Waals surface area contributed by atoms with Gasteiger partial charge in [-0.15, -0.1) is 0 Å². The quantitative estimate of drug-likeness (QED) is 0.775. The molecule has 0 bridgehead atoms. The van der Waals surface area contributed by atoms with Gasteiger partial charge < -0.3 is 4.74 Å². The third-order valence-electron chi connectivity index (χ3n) is 5.65. The second-order valence-electron chi connectivity index (χ2n) is 7.08. The van der Waals surface area contributed by atoms with Crippen LogP contribution in [0.5, 0.6) is 0 Å². The molecule has 1 spiro atoms. The fourth-order valence-electron chi connectivity index (χ4n) is 4.12. The number of hydrogen-bond donors (Lipinski definition) is 0. The Hall–Kier alpha value is -2.82. The zero-order valence-corrected chi connectivity index (χ0v) is 15.1. The molecule has 4 rings (SSSR count). The number of carbonyl (C=O) groups is 2. The van der Waals surface area contributed by atoms with Gasteiger partial charge in [-0.3, -0.25) is 4.79 Å². The number of rotatable bonds is 2. The molecule has 0 fully saturated rings. The molecule has 0 aromatic heterocycles. The Morgan fingerprint density at radius 2 is 1.92 bits per heavy atom. The van der Waals surface area contributed by atoms with Crippen molar-refractivity contribution < 1.29 is 14.3 Å². The molecule has 0 amide bonds. The minimum atomic E-state index is -0.952. The van der Waals surface area contributed by atoms with Crippen LogP contribution < -0.4 is 0 Å². The van der Waals surface area contributed by atoms with Crippen LogP contribution in [0.3, 0.4) is 0 Å². The Bertz CT molecular complexity index is 964. The molecule has 1 heterocycles. The van der Waals surface area contributed by atoms with Crippen molar-refractivity contribution in [3.63, 3.8) is 0 Å². The van der Waals surface area contributed by atoms with Gasteiger partial charge in [0.15, 0.2) is 11.3 Å². The number of ketones is 1. The molecule has 0 saturated carbocycles. The highest BCUT2D eigenvalue weighted by Gasteiger charge is 2.55. The van der Waals surface area contributed by atoms with Crippen LogP contribution in [0.25, 0.3) is 0 Å². The number of benzene rings is 2. The molecule has 2 aromatic rings. The van der Waals surface area contributed by atoms with E-state index in [1.54, 1.807) is 12.1 Å². The van der Waals surface area contributed by atoms with Crippen LogP contribution in [0.1, 0.15) is 48.9 Å². The molecule has 26 heavy (non-hydrogen) atoms. The third-order valence-corrected chi connectivity index (χ3v) is 5.65. The molecule has 1 aliphatic heterocycles. The Kier molecular flexibility index (Phi) is 3.75. The average Bonchev–Trinajstić information content (AvgIpc) is 3.18.